The molecule has 0 saturated carbocycles. The monoisotopic (exact) mass is 394 g/mol. The van der Waals surface area contributed by atoms with E-state index in [4.69, 9.17) is 9.57 Å². The largest absolute Gasteiger partial charge is 0.496 e. The summed E-state index contributed by atoms with van der Waals surface area (Å²) in [4.78, 5) is 41.1. The Bertz CT molecular complexity index is 939. The molecule has 7 heteroatoms. The zero-order valence-corrected chi connectivity index (χ0v) is 16.3. The molecule has 29 heavy (non-hydrogen) atoms. The second-order valence-corrected chi connectivity index (χ2v) is 6.52. The van der Waals surface area contributed by atoms with E-state index in [-0.39, 0.29) is 12.3 Å². The number of amides is 2. The Morgan fingerprint density at radius 1 is 1.10 bits per heavy atom. The van der Waals surface area contributed by atoms with Gasteiger partial charge in [0.2, 0.25) is 5.91 Å². The average Bonchev–Trinajstić information content (AvgIpc) is 2.72. The molecule has 2 amide bonds. The van der Waals surface area contributed by atoms with Gasteiger partial charge >= 0.3 is 5.97 Å². The Labute approximate surface area is 168 Å². The molecule has 1 heterocycles. The molecule has 2 aromatic rings. The van der Waals surface area contributed by atoms with Gasteiger partial charge in [-0.1, -0.05) is 54.6 Å². The van der Waals surface area contributed by atoms with E-state index in [1.165, 1.54) is 6.92 Å². The standard InChI is InChI=1S/C22H22N2O5/c1-15(25)29-24-18(13-12-17-10-6-7-11-19(17)28-2)21(22(24)27)23-20(26)14-16-8-4-3-5-9-16/h3-11,13,21H,12,14H2,1-2H3,(H,23,26)/t21-/m0/s1. The molecule has 1 atom stereocenters. The van der Waals surface area contributed by atoms with Crippen LogP contribution >= 0.6 is 0 Å². The van der Waals surface area contributed by atoms with E-state index >= 15 is 0 Å². The van der Waals surface area contributed by atoms with Gasteiger partial charge in [-0.2, -0.15) is 0 Å². The van der Waals surface area contributed by atoms with Crippen LogP contribution in [0.15, 0.2) is 66.4 Å². The molecule has 1 N–H and O–H groups in total. The van der Waals surface area contributed by atoms with Crippen molar-refractivity contribution >= 4 is 17.8 Å². The Balaban J connectivity index is 1.75. The van der Waals surface area contributed by atoms with Gasteiger partial charge < -0.3 is 14.9 Å². The number of β-lactam (4-membered cyclic amide) rings is 1. The first-order valence-corrected chi connectivity index (χ1v) is 9.17. The molecule has 0 aliphatic carbocycles. The smallest absolute Gasteiger partial charge is 0.330 e. The molecule has 3 rings (SSSR count). The van der Waals surface area contributed by atoms with Gasteiger partial charge in [-0.25, -0.2) is 4.79 Å². The van der Waals surface area contributed by atoms with Gasteiger partial charge in [-0.3, -0.25) is 9.59 Å². The van der Waals surface area contributed by atoms with Crippen molar-refractivity contribution in [3.63, 3.8) is 0 Å². The van der Waals surface area contributed by atoms with Crippen LogP contribution in [0.4, 0.5) is 0 Å². The van der Waals surface area contributed by atoms with Gasteiger partial charge in [0, 0.05) is 6.92 Å². The molecule has 0 aromatic heterocycles. The number of benzene rings is 2. The number of hydrogen-bond donors (Lipinski definition) is 1. The van der Waals surface area contributed by atoms with Gasteiger partial charge in [0.15, 0.2) is 6.04 Å². The Morgan fingerprint density at radius 3 is 2.48 bits per heavy atom. The summed E-state index contributed by atoms with van der Waals surface area (Å²) in [5.41, 5.74) is 2.16. The fraction of sp³-hybridized carbons (Fsp3) is 0.227. The van der Waals surface area contributed by atoms with Crippen LogP contribution in [0, 0.1) is 0 Å². The van der Waals surface area contributed by atoms with E-state index < -0.39 is 17.9 Å². The lowest BCUT2D eigenvalue weighted by Crippen LogP contribution is -2.62. The second kappa shape index (κ2) is 9.05. The minimum Gasteiger partial charge on any atom is -0.496 e. The molecule has 150 valence electrons. The van der Waals surface area contributed by atoms with Crippen LogP contribution in [0.25, 0.3) is 0 Å². The number of nitrogens with one attached hydrogen (secondary N) is 1. The minimum atomic E-state index is -0.861. The highest BCUT2D eigenvalue weighted by atomic mass is 16.7. The van der Waals surface area contributed by atoms with Crippen molar-refractivity contribution in [2.75, 3.05) is 7.11 Å². The lowest BCUT2D eigenvalue weighted by molar-refractivity contribution is -0.202. The van der Waals surface area contributed by atoms with E-state index in [1.54, 1.807) is 13.2 Å². The van der Waals surface area contributed by atoms with Crippen molar-refractivity contribution in [3.05, 3.63) is 77.5 Å². The molecule has 1 saturated heterocycles. The van der Waals surface area contributed by atoms with Crippen molar-refractivity contribution < 1.29 is 24.0 Å². The predicted octanol–water partition coefficient (Wildman–Crippen LogP) is 2.17. The summed E-state index contributed by atoms with van der Waals surface area (Å²) in [6.07, 6.45) is 2.34. The number of para-hydroxylation sites is 1. The van der Waals surface area contributed by atoms with Crippen LogP contribution in [0.1, 0.15) is 18.1 Å². The third-order valence-corrected chi connectivity index (χ3v) is 4.43. The summed E-state index contributed by atoms with van der Waals surface area (Å²) in [6.45, 7) is 1.21. The number of methoxy groups -OCH3 is 1. The topological polar surface area (TPSA) is 84.9 Å². The number of nitrogens with zero attached hydrogens (tertiary/aromatic N) is 1. The summed E-state index contributed by atoms with van der Waals surface area (Å²) in [5.74, 6) is -0.692. The molecular weight excluding hydrogens is 372 g/mol. The van der Waals surface area contributed by atoms with Gasteiger partial charge in [-0.05, 0) is 23.6 Å². The number of allylic oxidation sites excluding steroid dienone is 1. The fourth-order valence-corrected chi connectivity index (χ4v) is 3.06. The Kier molecular flexibility index (Phi) is 6.29. The summed E-state index contributed by atoms with van der Waals surface area (Å²) in [6, 6.07) is 15.9. The summed E-state index contributed by atoms with van der Waals surface area (Å²) in [5, 5.41) is 3.63. The van der Waals surface area contributed by atoms with E-state index in [1.807, 2.05) is 54.6 Å². The van der Waals surface area contributed by atoms with Gasteiger partial charge in [0.1, 0.15) is 5.75 Å². The van der Waals surface area contributed by atoms with E-state index in [0.29, 0.717) is 17.9 Å². The normalized spacial score (nSPS) is 16.9. The van der Waals surface area contributed by atoms with Gasteiger partial charge in [0.25, 0.3) is 5.91 Å². The van der Waals surface area contributed by atoms with Crippen LogP contribution < -0.4 is 10.1 Å². The van der Waals surface area contributed by atoms with E-state index in [9.17, 15) is 14.4 Å². The van der Waals surface area contributed by atoms with Crippen LogP contribution in [-0.4, -0.2) is 36.0 Å². The third-order valence-electron chi connectivity index (χ3n) is 4.43. The quantitative estimate of drug-likeness (QED) is 0.728. The molecule has 7 nitrogen and oxygen atoms in total. The van der Waals surface area contributed by atoms with Crippen LogP contribution in [0.3, 0.4) is 0 Å². The second-order valence-electron chi connectivity index (χ2n) is 6.52. The SMILES string of the molecule is COc1ccccc1CC=C1[C@H](NC(=O)Cc2ccccc2)C(=O)N1OC(C)=O. The van der Waals surface area contributed by atoms with Crippen molar-refractivity contribution in [2.24, 2.45) is 0 Å². The maximum Gasteiger partial charge on any atom is 0.330 e. The zero-order valence-electron chi connectivity index (χ0n) is 16.3. The zero-order chi connectivity index (χ0) is 20.8. The van der Waals surface area contributed by atoms with Crippen molar-refractivity contribution in [3.8, 4) is 5.75 Å². The van der Waals surface area contributed by atoms with Crippen LogP contribution in [0.5, 0.6) is 5.75 Å². The van der Waals surface area contributed by atoms with Crippen LogP contribution in [-0.2, 0) is 32.1 Å². The highest BCUT2D eigenvalue weighted by Crippen LogP contribution is 2.27. The third kappa shape index (κ3) is 4.82. The molecule has 1 aliphatic heterocycles. The highest BCUT2D eigenvalue weighted by Gasteiger charge is 2.46. The first-order valence-electron chi connectivity index (χ1n) is 9.17. The van der Waals surface area contributed by atoms with Crippen LogP contribution in [0.2, 0.25) is 0 Å². The highest BCUT2D eigenvalue weighted by molar-refractivity contribution is 5.98. The molecule has 0 unspecified atom stereocenters. The number of rotatable bonds is 7. The maximum absolute atomic E-state index is 12.4. The lowest BCUT2D eigenvalue weighted by atomic mass is 10.0. The molecule has 0 spiro atoms. The number of carbonyl (C=O) groups excluding carboxylic acids is 3. The number of carbonyl (C=O) groups is 3. The summed E-state index contributed by atoms with van der Waals surface area (Å²) in [7, 11) is 1.58. The first-order chi connectivity index (χ1) is 14.0. The van der Waals surface area contributed by atoms with E-state index in [2.05, 4.69) is 5.32 Å². The average molecular weight is 394 g/mol. The molecule has 1 fully saturated rings. The minimum absolute atomic E-state index is 0.151. The molecule has 0 radical (unpaired) electrons. The van der Waals surface area contributed by atoms with Gasteiger partial charge in [0.05, 0.1) is 19.2 Å². The molecule has 0 bridgehead atoms. The number of ether oxygens (including phenoxy) is 1. The maximum atomic E-state index is 12.4. The predicted molar refractivity (Wildman–Crippen MR) is 105 cm³/mol. The Hall–Kier alpha value is -3.61. The van der Waals surface area contributed by atoms with Gasteiger partial charge in [-0.15, -0.1) is 5.06 Å². The summed E-state index contributed by atoms with van der Waals surface area (Å²) >= 11 is 0. The summed E-state index contributed by atoms with van der Waals surface area (Å²) < 4.78 is 5.33. The van der Waals surface area contributed by atoms with E-state index in [0.717, 1.165) is 16.2 Å². The Morgan fingerprint density at radius 2 is 1.79 bits per heavy atom. The van der Waals surface area contributed by atoms with Crippen molar-refractivity contribution in [1.29, 1.82) is 0 Å². The molecular formula is C22H22N2O5. The van der Waals surface area contributed by atoms with Crippen molar-refractivity contribution in [2.45, 2.75) is 25.8 Å². The fourth-order valence-electron chi connectivity index (χ4n) is 3.06. The first kappa shape index (κ1) is 20.1. The number of hydrogen-bond acceptors (Lipinski definition) is 5. The molecule has 1 aliphatic rings. The molecule has 2 aromatic carbocycles. The lowest BCUT2D eigenvalue weighted by Gasteiger charge is -2.38. The number of hydroxylamine groups is 2. The van der Waals surface area contributed by atoms with Crippen molar-refractivity contribution in [1.82, 2.24) is 10.4 Å².